The zero-order valence-corrected chi connectivity index (χ0v) is 22.2. The number of benzene rings is 3. The molecule has 1 N–H and O–H groups in total. The average Bonchev–Trinajstić information content (AvgIpc) is 2.98. The van der Waals surface area contributed by atoms with Crippen LogP contribution in [0.4, 0.5) is 21.7 Å². The van der Waals surface area contributed by atoms with E-state index in [1.165, 1.54) is 37.5 Å². The summed E-state index contributed by atoms with van der Waals surface area (Å²) in [5.74, 6) is -0.0652. The lowest BCUT2D eigenvalue weighted by Crippen LogP contribution is -2.29. The van der Waals surface area contributed by atoms with E-state index >= 15 is 0 Å². The topological polar surface area (TPSA) is 81.9 Å². The Morgan fingerprint density at radius 2 is 1.88 bits per heavy atom. The molecule has 0 radical (unpaired) electrons. The molecule has 3 aromatic carbocycles. The molecule has 0 spiro atoms. The minimum atomic E-state index is -0.310. The van der Waals surface area contributed by atoms with E-state index in [4.69, 9.17) is 4.98 Å². The van der Waals surface area contributed by atoms with Crippen LogP contribution in [0.3, 0.4) is 0 Å². The second-order valence-corrected chi connectivity index (χ2v) is 9.93. The van der Waals surface area contributed by atoms with Gasteiger partial charge in [-0.05, 0) is 78.9 Å². The molecule has 6 nitrogen and oxygen atoms in total. The molecule has 2 heterocycles. The van der Waals surface area contributed by atoms with Gasteiger partial charge in [0.2, 0.25) is 5.95 Å². The minimum Gasteiger partial charge on any atom is -0.371 e. The van der Waals surface area contributed by atoms with Crippen LogP contribution in [0.15, 0.2) is 85.6 Å². The maximum Gasteiger partial charge on any atom is 0.227 e. The molecule has 0 saturated carbocycles. The predicted molar refractivity (Wildman–Crippen MR) is 156 cm³/mol. The number of nitrogens with one attached hydrogen (secondary N) is 1. The lowest BCUT2D eigenvalue weighted by atomic mass is 9.95. The van der Waals surface area contributed by atoms with E-state index < -0.39 is 0 Å². The summed E-state index contributed by atoms with van der Waals surface area (Å²) >= 11 is 0. The van der Waals surface area contributed by atoms with Gasteiger partial charge in [0.05, 0.1) is 17.3 Å². The fourth-order valence-corrected chi connectivity index (χ4v) is 5.03. The molecule has 40 heavy (non-hydrogen) atoms. The Morgan fingerprint density at radius 1 is 1.05 bits per heavy atom. The fraction of sp³-hybridized carbons (Fsp3) is 0.212. The van der Waals surface area contributed by atoms with E-state index in [-0.39, 0.29) is 18.0 Å². The van der Waals surface area contributed by atoms with Crippen molar-refractivity contribution in [2.45, 2.75) is 32.1 Å². The van der Waals surface area contributed by atoms with Crippen LogP contribution < -0.4 is 10.2 Å². The van der Waals surface area contributed by atoms with Crippen LogP contribution in [-0.4, -0.2) is 28.8 Å². The van der Waals surface area contributed by atoms with Crippen molar-refractivity contribution >= 4 is 23.1 Å². The normalized spacial score (nSPS) is 12.9. The molecule has 7 heteroatoms. The third kappa shape index (κ3) is 6.41. The van der Waals surface area contributed by atoms with E-state index in [1.807, 2.05) is 30.3 Å². The lowest BCUT2D eigenvalue weighted by Gasteiger charge is -2.29. The summed E-state index contributed by atoms with van der Waals surface area (Å²) in [5.41, 5.74) is 6.03. The summed E-state index contributed by atoms with van der Waals surface area (Å²) in [6.45, 7) is 5.65. The van der Waals surface area contributed by atoms with Crippen molar-refractivity contribution in [3.63, 3.8) is 0 Å². The van der Waals surface area contributed by atoms with Crippen LogP contribution in [0.2, 0.25) is 0 Å². The highest BCUT2D eigenvalue weighted by Crippen LogP contribution is 2.29. The van der Waals surface area contributed by atoms with Crippen molar-refractivity contribution in [2.24, 2.45) is 0 Å². The van der Waals surface area contributed by atoms with Crippen molar-refractivity contribution < 1.29 is 9.18 Å². The molecule has 4 aromatic rings. The molecular formula is C33H30FN5O. The molecule has 0 unspecified atom stereocenters. The third-order valence-electron chi connectivity index (χ3n) is 7.06. The zero-order valence-electron chi connectivity index (χ0n) is 22.2. The molecule has 0 aliphatic carbocycles. The van der Waals surface area contributed by atoms with Crippen molar-refractivity contribution in [3.05, 3.63) is 114 Å². The molecule has 0 amide bonds. The number of hydrogen-bond donors (Lipinski definition) is 1. The number of rotatable bonds is 9. The summed E-state index contributed by atoms with van der Waals surface area (Å²) in [7, 11) is 0. The SMILES string of the molecule is C=CC(=O)Cc1cc(-c2nc(Nc3cccc(N4CCCCC4)c3)ncc2Cc2cccc(F)c2)ccc1C#N. The second kappa shape index (κ2) is 12.4. The number of nitrogens with zero attached hydrogens (tertiary/aromatic N) is 4. The number of nitriles is 1. The van der Waals surface area contributed by atoms with Crippen molar-refractivity contribution in [1.29, 1.82) is 5.26 Å². The van der Waals surface area contributed by atoms with Gasteiger partial charge in [-0.25, -0.2) is 14.4 Å². The molecule has 1 aliphatic rings. The van der Waals surface area contributed by atoms with Crippen molar-refractivity contribution in [2.75, 3.05) is 23.3 Å². The molecule has 5 rings (SSSR count). The second-order valence-electron chi connectivity index (χ2n) is 9.93. The molecule has 1 aromatic heterocycles. The van der Waals surface area contributed by atoms with Gasteiger partial charge in [0.15, 0.2) is 5.78 Å². The summed E-state index contributed by atoms with van der Waals surface area (Å²) in [6, 6.07) is 22.2. The molecule has 1 saturated heterocycles. The van der Waals surface area contributed by atoms with Crippen LogP contribution in [-0.2, 0) is 17.6 Å². The molecule has 1 aliphatic heterocycles. The summed E-state index contributed by atoms with van der Waals surface area (Å²) in [6.07, 6.45) is 7.15. The van der Waals surface area contributed by atoms with Crippen molar-refractivity contribution in [1.82, 2.24) is 9.97 Å². The quantitative estimate of drug-likeness (QED) is 0.240. The number of carbonyl (C=O) groups excluding carboxylic acids is 1. The van der Waals surface area contributed by atoms with Gasteiger partial charge in [-0.3, -0.25) is 4.79 Å². The smallest absolute Gasteiger partial charge is 0.227 e. The molecule has 0 bridgehead atoms. The number of ketones is 1. The van der Waals surface area contributed by atoms with Crippen LogP contribution in [0, 0.1) is 17.1 Å². The van der Waals surface area contributed by atoms with E-state index in [2.05, 4.69) is 40.0 Å². The monoisotopic (exact) mass is 531 g/mol. The van der Waals surface area contributed by atoms with Crippen LogP contribution in [0.25, 0.3) is 11.3 Å². The standard InChI is InChI=1S/C33H30FN5O/c1-2-31(40)19-26-18-24(12-13-25(26)21-35)32-27(16-23-8-6-9-28(34)17-23)22-36-33(38-32)37-29-10-7-11-30(20-29)39-14-4-3-5-15-39/h2,6-13,17-18,20,22H,1,3-5,14-16,19H2,(H,36,37,38). The fourth-order valence-electron chi connectivity index (χ4n) is 5.03. The average molecular weight is 532 g/mol. The van der Waals surface area contributed by atoms with Gasteiger partial charge in [-0.1, -0.05) is 30.8 Å². The van der Waals surface area contributed by atoms with Crippen LogP contribution in [0.1, 0.15) is 41.5 Å². The Kier molecular flexibility index (Phi) is 8.26. The first-order valence-corrected chi connectivity index (χ1v) is 13.4. The summed E-state index contributed by atoms with van der Waals surface area (Å²) in [5, 5.41) is 12.9. The van der Waals surface area contributed by atoms with E-state index in [0.29, 0.717) is 29.2 Å². The Hall–Kier alpha value is -4.83. The van der Waals surface area contributed by atoms with Gasteiger partial charge in [0.1, 0.15) is 5.82 Å². The highest BCUT2D eigenvalue weighted by Gasteiger charge is 2.16. The third-order valence-corrected chi connectivity index (χ3v) is 7.06. The number of allylic oxidation sites excluding steroid dienone is 1. The Labute approximate surface area is 233 Å². The van der Waals surface area contributed by atoms with E-state index in [9.17, 15) is 14.4 Å². The first-order chi connectivity index (χ1) is 19.5. The number of piperidine rings is 1. The molecule has 0 atom stereocenters. The molecule has 200 valence electrons. The number of carbonyl (C=O) groups is 1. The number of aromatic nitrogens is 2. The number of anilines is 3. The van der Waals surface area contributed by atoms with Gasteiger partial charge in [-0.2, -0.15) is 5.26 Å². The van der Waals surface area contributed by atoms with E-state index in [1.54, 1.807) is 18.3 Å². The van der Waals surface area contributed by atoms with Gasteiger partial charge in [0, 0.05) is 54.6 Å². The molecule has 1 fully saturated rings. The Morgan fingerprint density at radius 3 is 2.65 bits per heavy atom. The largest absolute Gasteiger partial charge is 0.371 e. The maximum absolute atomic E-state index is 13.9. The van der Waals surface area contributed by atoms with Gasteiger partial charge >= 0.3 is 0 Å². The predicted octanol–water partition coefficient (Wildman–Crippen LogP) is 6.78. The van der Waals surface area contributed by atoms with Gasteiger partial charge < -0.3 is 10.2 Å². The number of halogens is 1. The Bertz CT molecular complexity index is 1590. The first kappa shape index (κ1) is 26.8. The zero-order chi connectivity index (χ0) is 27.9. The highest BCUT2D eigenvalue weighted by atomic mass is 19.1. The molecular weight excluding hydrogens is 501 g/mol. The maximum atomic E-state index is 13.9. The van der Waals surface area contributed by atoms with Crippen molar-refractivity contribution in [3.8, 4) is 17.3 Å². The first-order valence-electron chi connectivity index (χ1n) is 13.4. The highest BCUT2D eigenvalue weighted by molar-refractivity contribution is 5.91. The van der Waals surface area contributed by atoms with Crippen LogP contribution >= 0.6 is 0 Å². The lowest BCUT2D eigenvalue weighted by molar-refractivity contribution is -0.114. The van der Waals surface area contributed by atoms with Gasteiger partial charge in [-0.15, -0.1) is 0 Å². The van der Waals surface area contributed by atoms with E-state index in [0.717, 1.165) is 41.2 Å². The summed E-state index contributed by atoms with van der Waals surface area (Å²) in [4.78, 5) is 24.0. The number of hydrogen-bond acceptors (Lipinski definition) is 6. The Balaban J connectivity index is 1.52. The van der Waals surface area contributed by atoms with Gasteiger partial charge in [0.25, 0.3) is 0 Å². The minimum absolute atomic E-state index is 0.0684. The van der Waals surface area contributed by atoms with Crippen LogP contribution in [0.5, 0.6) is 0 Å². The summed E-state index contributed by atoms with van der Waals surface area (Å²) < 4.78 is 13.9.